The maximum atomic E-state index is 12.3. The van der Waals surface area contributed by atoms with Crippen molar-refractivity contribution in [2.45, 2.75) is 24.2 Å². The van der Waals surface area contributed by atoms with E-state index in [1.54, 1.807) is 4.90 Å². The summed E-state index contributed by atoms with van der Waals surface area (Å²) >= 11 is 0. The van der Waals surface area contributed by atoms with Crippen LogP contribution in [-0.4, -0.2) is 80.9 Å². The van der Waals surface area contributed by atoms with Crippen molar-refractivity contribution in [1.82, 2.24) is 19.8 Å². The molecule has 0 saturated carbocycles. The maximum Gasteiger partial charge on any atom is 0.331 e. The molecule has 10 heteroatoms. The topological polar surface area (TPSA) is 140 Å². The molecule has 1 aromatic heterocycles. The summed E-state index contributed by atoms with van der Waals surface area (Å²) in [6.07, 6.45) is -2.66. The summed E-state index contributed by atoms with van der Waals surface area (Å²) in [6, 6.07) is 1.14. The summed E-state index contributed by atoms with van der Waals surface area (Å²) in [5.74, 6) is -1.68. The normalized spacial score (nSPS) is 35.5. The number of rotatable bonds is 3. The molecule has 10 nitrogen and oxygen atoms in total. The monoisotopic (exact) mass is 328 g/mol. The molecule has 0 bridgehead atoms. The fourth-order valence-electron chi connectivity index (χ4n) is 3.20. The number of aliphatic hydroxyl groups is 3. The zero-order valence-corrected chi connectivity index (χ0v) is 12.4. The summed E-state index contributed by atoms with van der Waals surface area (Å²) < 4.78 is 6.82. The molecule has 2 aliphatic rings. The van der Waals surface area contributed by atoms with Crippen molar-refractivity contribution in [2.24, 2.45) is 0 Å². The predicted octanol–water partition coefficient (Wildman–Crippen LogP) is -3.83. The van der Waals surface area contributed by atoms with Crippen LogP contribution >= 0.6 is 0 Å². The number of aromatic nitrogens is 2. The van der Waals surface area contributed by atoms with E-state index in [-0.39, 0.29) is 0 Å². The molecular weight excluding hydrogens is 308 g/mol. The average molecular weight is 328 g/mol. The van der Waals surface area contributed by atoms with Gasteiger partial charge in [-0.15, -0.1) is 0 Å². The largest absolute Gasteiger partial charge is 0.394 e. The third kappa shape index (κ3) is 2.53. The molecule has 0 unspecified atom stereocenters. The zero-order valence-electron chi connectivity index (χ0n) is 12.4. The van der Waals surface area contributed by atoms with E-state index in [9.17, 15) is 24.9 Å². The lowest BCUT2D eigenvalue weighted by molar-refractivity contribution is -0.248. The lowest BCUT2D eigenvalue weighted by Gasteiger charge is -2.44. The number of ether oxygens (including phenoxy) is 1. The van der Waals surface area contributed by atoms with Crippen molar-refractivity contribution >= 4 is 0 Å². The standard InChI is InChI=1S/C13H20N4O6/c18-7-8-10(20)11(21)13(23-8,16-5-2-14-3-6-16)17-4-1-9(19)15-12(17)22/h1,4,8,10-11,14,18,20-21H,2-3,5-7H2,(H,15,19,22)/t8-,10-,11-,13+/m1/s1. The molecule has 23 heavy (non-hydrogen) atoms. The summed E-state index contributed by atoms with van der Waals surface area (Å²) in [5, 5.41) is 33.3. The van der Waals surface area contributed by atoms with Crippen LogP contribution in [0.25, 0.3) is 0 Å². The van der Waals surface area contributed by atoms with Crippen LogP contribution in [0.15, 0.2) is 21.9 Å². The predicted molar refractivity (Wildman–Crippen MR) is 77.7 cm³/mol. The molecule has 4 atom stereocenters. The number of hydrogen-bond acceptors (Lipinski definition) is 8. The van der Waals surface area contributed by atoms with Crippen molar-refractivity contribution in [1.29, 1.82) is 0 Å². The third-order valence-electron chi connectivity index (χ3n) is 4.33. The third-order valence-corrected chi connectivity index (χ3v) is 4.33. The Kier molecular flexibility index (Phi) is 4.36. The number of piperazine rings is 1. The first-order valence-electron chi connectivity index (χ1n) is 7.43. The Hall–Kier alpha value is -1.56. The van der Waals surface area contributed by atoms with Gasteiger partial charge in [-0.2, -0.15) is 0 Å². The van der Waals surface area contributed by atoms with Gasteiger partial charge in [-0.25, -0.2) is 4.79 Å². The SMILES string of the molecule is O=c1ccn([C@]2(N3CCNCC3)O[C@H](CO)[C@@H](O)[C@H]2O)c(=O)[nH]1. The quantitative estimate of drug-likeness (QED) is 0.380. The lowest BCUT2D eigenvalue weighted by Crippen LogP contribution is -2.65. The van der Waals surface area contributed by atoms with Crippen LogP contribution in [0.3, 0.4) is 0 Å². The van der Waals surface area contributed by atoms with Gasteiger partial charge < -0.3 is 25.4 Å². The fourth-order valence-corrected chi connectivity index (χ4v) is 3.20. The van der Waals surface area contributed by atoms with Crippen molar-refractivity contribution in [3.8, 4) is 0 Å². The van der Waals surface area contributed by atoms with Crippen LogP contribution < -0.4 is 16.6 Å². The van der Waals surface area contributed by atoms with Gasteiger partial charge in [-0.1, -0.05) is 0 Å². The first-order chi connectivity index (χ1) is 11.0. The first-order valence-corrected chi connectivity index (χ1v) is 7.43. The molecule has 0 aromatic carbocycles. The summed E-state index contributed by atoms with van der Waals surface area (Å²) in [4.78, 5) is 27.4. The number of nitrogens with zero attached hydrogens (tertiary/aromatic N) is 2. The molecule has 0 aliphatic carbocycles. The Morgan fingerprint density at radius 3 is 2.57 bits per heavy atom. The molecule has 0 radical (unpaired) electrons. The molecule has 3 heterocycles. The Morgan fingerprint density at radius 2 is 2.00 bits per heavy atom. The van der Waals surface area contributed by atoms with Gasteiger partial charge in [0.15, 0.2) is 0 Å². The van der Waals surface area contributed by atoms with Gasteiger partial charge in [0, 0.05) is 38.4 Å². The second-order valence-electron chi connectivity index (χ2n) is 5.65. The number of H-pyrrole nitrogens is 1. The van der Waals surface area contributed by atoms with Crippen molar-refractivity contribution in [2.75, 3.05) is 32.8 Å². The molecule has 2 aliphatic heterocycles. The molecule has 2 saturated heterocycles. The van der Waals surface area contributed by atoms with E-state index in [0.29, 0.717) is 26.2 Å². The fraction of sp³-hybridized carbons (Fsp3) is 0.692. The zero-order chi connectivity index (χ0) is 16.6. The summed E-state index contributed by atoms with van der Waals surface area (Å²) in [5.41, 5.74) is -1.34. The summed E-state index contributed by atoms with van der Waals surface area (Å²) in [6.45, 7) is 1.61. The Morgan fingerprint density at radius 1 is 1.30 bits per heavy atom. The van der Waals surface area contributed by atoms with Crippen molar-refractivity contribution in [3.63, 3.8) is 0 Å². The highest BCUT2D eigenvalue weighted by molar-refractivity contribution is 5.02. The lowest BCUT2D eigenvalue weighted by atomic mass is 10.1. The Labute approximate surface area is 130 Å². The van der Waals surface area contributed by atoms with Gasteiger partial charge in [0.25, 0.3) is 5.56 Å². The highest BCUT2D eigenvalue weighted by Crippen LogP contribution is 2.37. The van der Waals surface area contributed by atoms with Crippen LogP contribution in [0, 0.1) is 0 Å². The van der Waals surface area contributed by atoms with Crippen LogP contribution in [0.5, 0.6) is 0 Å². The smallest absolute Gasteiger partial charge is 0.331 e. The van der Waals surface area contributed by atoms with Crippen LogP contribution in [0.1, 0.15) is 0 Å². The summed E-state index contributed by atoms with van der Waals surface area (Å²) in [7, 11) is 0. The molecule has 0 spiro atoms. The van der Waals surface area contributed by atoms with Crippen molar-refractivity contribution < 1.29 is 20.1 Å². The van der Waals surface area contributed by atoms with Crippen LogP contribution in [-0.2, 0) is 10.6 Å². The molecule has 2 fully saturated rings. The highest BCUT2D eigenvalue weighted by Gasteiger charge is 2.59. The van der Waals surface area contributed by atoms with E-state index in [4.69, 9.17) is 4.74 Å². The van der Waals surface area contributed by atoms with Gasteiger partial charge in [0.05, 0.1) is 6.61 Å². The molecule has 3 rings (SSSR count). The van der Waals surface area contributed by atoms with Crippen molar-refractivity contribution in [3.05, 3.63) is 33.1 Å². The molecule has 1 aromatic rings. The minimum Gasteiger partial charge on any atom is -0.394 e. The number of aliphatic hydroxyl groups excluding tert-OH is 3. The van der Waals surface area contributed by atoms with Crippen LogP contribution in [0.4, 0.5) is 0 Å². The molecular formula is C13H20N4O6. The highest BCUT2D eigenvalue weighted by atomic mass is 16.6. The average Bonchev–Trinajstić information content (AvgIpc) is 2.81. The van der Waals surface area contributed by atoms with Gasteiger partial charge in [0.1, 0.15) is 18.3 Å². The van der Waals surface area contributed by atoms with Gasteiger partial charge in [-0.05, 0) is 0 Å². The van der Waals surface area contributed by atoms with E-state index in [0.717, 1.165) is 10.6 Å². The Bertz CT molecular complexity index is 669. The Balaban J connectivity index is 2.14. The first kappa shape index (κ1) is 16.3. The number of aromatic amines is 1. The molecule has 128 valence electrons. The van der Waals surface area contributed by atoms with Gasteiger partial charge in [-0.3, -0.25) is 19.2 Å². The second-order valence-corrected chi connectivity index (χ2v) is 5.65. The van der Waals surface area contributed by atoms with Gasteiger partial charge in [0.2, 0.25) is 5.85 Å². The minimum absolute atomic E-state index is 0.452. The van der Waals surface area contributed by atoms with E-state index in [1.807, 2.05) is 0 Å². The van der Waals surface area contributed by atoms with E-state index in [1.165, 1.54) is 6.20 Å². The van der Waals surface area contributed by atoms with E-state index < -0.39 is 42.0 Å². The minimum atomic E-state index is -1.68. The number of nitrogens with one attached hydrogen (secondary N) is 2. The van der Waals surface area contributed by atoms with E-state index >= 15 is 0 Å². The maximum absolute atomic E-state index is 12.3. The number of hydrogen-bond donors (Lipinski definition) is 5. The van der Waals surface area contributed by atoms with Gasteiger partial charge >= 0.3 is 5.69 Å². The van der Waals surface area contributed by atoms with E-state index in [2.05, 4.69) is 10.3 Å². The second kappa shape index (κ2) is 6.15. The molecule has 5 N–H and O–H groups in total. The molecule has 0 amide bonds. The van der Waals surface area contributed by atoms with Crippen LogP contribution in [0.2, 0.25) is 0 Å².